The summed E-state index contributed by atoms with van der Waals surface area (Å²) >= 11 is 0. The van der Waals surface area contributed by atoms with Gasteiger partial charge in [0.2, 0.25) is 0 Å². The summed E-state index contributed by atoms with van der Waals surface area (Å²) in [5.41, 5.74) is 13.4. The van der Waals surface area contributed by atoms with E-state index in [0.29, 0.717) is 0 Å². The van der Waals surface area contributed by atoms with Crippen molar-refractivity contribution in [3.63, 3.8) is 0 Å². The number of nitrogens with zero attached hydrogens (tertiary/aromatic N) is 2. The van der Waals surface area contributed by atoms with Crippen LogP contribution in [0.15, 0.2) is 255 Å². The number of rotatable bonds is 11. The molecular formula is C60H46N2. The Hall–Kier alpha value is -7.68. The molecule has 0 amide bonds. The molecule has 0 unspecified atom stereocenters. The number of hydrogen-bond acceptors (Lipinski definition) is 2. The second kappa shape index (κ2) is 17.1. The molecule has 0 spiro atoms. The quantitative estimate of drug-likeness (QED) is 0.122. The van der Waals surface area contributed by atoms with Crippen LogP contribution in [0.25, 0.3) is 28.1 Å². The van der Waals surface area contributed by atoms with Crippen LogP contribution in [-0.4, -0.2) is 9.97 Å². The summed E-state index contributed by atoms with van der Waals surface area (Å²) in [6.07, 6.45) is 8.38. The van der Waals surface area contributed by atoms with Gasteiger partial charge < -0.3 is 0 Å². The molecule has 0 saturated carbocycles. The summed E-state index contributed by atoms with van der Waals surface area (Å²) < 4.78 is 0. The van der Waals surface area contributed by atoms with Gasteiger partial charge in [0.25, 0.3) is 0 Å². The third-order valence-corrected chi connectivity index (χ3v) is 12.5. The van der Waals surface area contributed by atoms with Gasteiger partial charge in [-0.2, -0.15) is 0 Å². The first kappa shape index (κ1) is 38.5. The molecule has 8 aromatic carbocycles. The van der Waals surface area contributed by atoms with Gasteiger partial charge in [-0.25, -0.2) is 9.97 Å². The summed E-state index contributed by atoms with van der Waals surface area (Å²) in [5, 5.41) is 0. The smallest absolute Gasteiger partial charge is 0.156 e. The van der Waals surface area contributed by atoms with Gasteiger partial charge in [0.05, 0.1) is 22.2 Å². The van der Waals surface area contributed by atoms with E-state index in [0.717, 1.165) is 46.8 Å². The largest absolute Gasteiger partial charge is 0.228 e. The zero-order chi connectivity index (χ0) is 41.6. The third-order valence-electron chi connectivity index (χ3n) is 12.5. The second-order valence-electron chi connectivity index (χ2n) is 16.0. The van der Waals surface area contributed by atoms with Crippen molar-refractivity contribution in [2.24, 2.45) is 0 Å². The predicted octanol–water partition coefficient (Wildman–Crippen LogP) is 14.3. The molecule has 2 nitrogen and oxygen atoms in total. The lowest BCUT2D eigenvalue weighted by Gasteiger charge is -2.37. The lowest BCUT2D eigenvalue weighted by Crippen LogP contribution is -2.31. The molecule has 1 aliphatic rings. The molecule has 9 aromatic rings. The predicted molar refractivity (Wildman–Crippen MR) is 256 cm³/mol. The van der Waals surface area contributed by atoms with Crippen molar-refractivity contribution < 1.29 is 0 Å². The first-order valence-corrected chi connectivity index (χ1v) is 21.5. The number of benzene rings is 8. The maximum Gasteiger partial charge on any atom is 0.156 e. The lowest BCUT2D eigenvalue weighted by molar-refractivity contribution is 0.745. The maximum absolute atomic E-state index is 5.39. The second-order valence-corrected chi connectivity index (χ2v) is 16.0. The average Bonchev–Trinajstić information content (AvgIpc) is 3.37. The van der Waals surface area contributed by atoms with E-state index < -0.39 is 10.8 Å². The Balaban J connectivity index is 1.19. The minimum Gasteiger partial charge on any atom is -0.228 e. The maximum atomic E-state index is 5.39. The van der Waals surface area contributed by atoms with E-state index in [1.807, 2.05) is 0 Å². The van der Waals surface area contributed by atoms with E-state index in [1.54, 1.807) is 0 Å². The topological polar surface area (TPSA) is 25.8 Å². The van der Waals surface area contributed by atoms with Crippen LogP contribution in [0.1, 0.15) is 63.2 Å². The Morgan fingerprint density at radius 2 is 0.645 bits per heavy atom. The molecule has 10 rings (SSSR count). The van der Waals surface area contributed by atoms with E-state index in [4.69, 9.17) is 9.97 Å². The van der Waals surface area contributed by atoms with Crippen LogP contribution < -0.4 is 0 Å². The fourth-order valence-electron chi connectivity index (χ4n) is 9.63. The highest BCUT2D eigenvalue weighted by Gasteiger charge is 2.40. The summed E-state index contributed by atoms with van der Waals surface area (Å²) in [7, 11) is 0. The summed E-state index contributed by atoms with van der Waals surface area (Å²) in [4.78, 5) is 10.8. The van der Waals surface area contributed by atoms with Crippen molar-refractivity contribution in [1.82, 2.24) is 9.97 Å². The van der Waals surface area contributed by atoms with Crippen LogP contribution >= 0.6 is 0 Å². The molecule has 0 fully saturated rings. The van der Waals surface area contributed by atoms with Crippen molar-refractivity contribution in [2.75, 3.05) is 0 Å². The molecule has 0 aliphatic heterocycles. The van der Waals surface area contributed by atoms with Gasteiger partial charge in [-0.15, -0.1) is 0 Å². The Kier molecular flexibility index (Phi) is 10.6. The van der Waals surface area contributed by atoms with Crippen molar-refractivity contribution in [2.45, 2.75) is 23.7 Å². The van der Waals surface area contributed by atoms with Crippen LogP contribution in [0, 0.1) is 0 Å². The molecule has 1 aliphatic carbocycles. The van der Waals surface area contributed by atoms with Crippen molar-refractivity contribution >= 4 is 5.57 Å². The van der Waals surface area contributed by atoms with Crippen molar-refractivity contribution in [1.29, 1.82) is 0 Å². The minimum atomic E-state index is -0.584. The lowest BCUT2D eigenvalue weighted by atomic mass is 9.65. The monoisotopic (exact) mass is 794 g/mol. The van der Waals surface area contributed by atoms with E-state index >= 15 is 0 Å². The number of allylic oxidation sites excluding steroid dienone is 4. The standard InChI is InChI=1S/C60H46N2/c1-8-24-45(25-9-1)58-61-56(46-26-22-40-54(42-46)59(48-28-10-2-11-29-48,49-30-12-3-13-31-49)50-32-14-4-15-33-50)44-57(62-58)47-27-23-41-55(43-47)60(51-34-16-5-17-35-51,52-36-18-6-19-37-52)53-38-20-7-21-39-53/h1-8,10-24,26-44H,9,25H2. The molecule has 2 heteroatoms. The van der Waals surface area contributed by atoms with Gasteiger partial charge in [0.1, 0.15) is 0 Å². The van der Waals surface area contributed by atoms with Crippen molar-refractivity contribution in [3.8, 4) is 22.5 Å². The van der Waals surface area contributed by atoms with Gasteiger partial charge in [-0.05, 0) is 81.1 Å². The Labute approximate surface area is 365 Å². The Morgan fingerprint density at radius 3 is 0.952 bits per heavy atom. The number of aromatic nitrogens is 2. The van der Waals surface area contributed by atoms with Crippen LogP contribution in [0.2, 0.25) is 0 Å². The first-order valence-electron chi connectivity index (χ1n) is 21.5. The van der Waals surface area contributed by atoms with Gasteiger partial charge in [-0.3, -0.25) is 0 Å². The molecule has 0 atom stereocenters. The highest BCUT2D eigenvalue weighted by atomic mass is 14.9. The summed E-state index contributed by atoms with van der Waals surface area (Å²) in [5.74, 6) is 0.763. The first-order chi connectivity index (χ1) is 30.7. The van der Waals surface area contributed by atoms with Crippen LogP contribution in [0.3, 0.4) is 0 Å². The fourth-order valence-corrected chi connectivity index (χ4v) is 9.63. The molecular weight excluding hydrogens is 749 g/mol. The molecule has 0 N–H and O–H groups in total. The SMILES string of the molecule is C1=CCCC(c2nc(-c3cccc(C(c4ccccc4)(c4ccccc4)c4ccccc4)c3)cc(-c3cccc(C(c4ccccc4)(c4ccccc4)c4ccccc4)c3)n2)=C1. The van der Waals surface area contributed by atoms with E-state index in [9.17, 15) is 0 Å². The molecule has 1 heterocycles. The Bertz CT molecular complexity index is 2590. The Morgan fingerprint density at radius 1 is 0.323 bits per heavy atom. The fraction of sp³-hybridized carbons (Fsp3) is 0.0667. The highest BCUT2D eigenvalue weighted by Crippen LogP contribution is 2.48. The normalized spacial score (nSPS) is 12.7. The van der Waals surface area contributed by atoms with E-state index in [1.165, 1.54) is 44.5 Å². The highest BCUT2D eigenvalue weighted by molar-refractivity contribution is 5.75. The van der Waals surface area contributed by atoms with E-state index in [-0.39, 0.29) is 0 Å². The van der Waals surface area contributed by atoms with Gasteiger partial charge >= 0.3 is 0 Å². The molecule has 0 saturated heterocycles. The van der Waals surface area contributed by atoms with Gasteiger partial charge in [0, 0.05) is 11.1 Å². The summed E-state index contributed by atoms with van der Waals surface area (Å²) in [6, 6.07) is 85.5. The zero-order valence-corrected chi connectivity index (χ0v) is 34.6. The molecule has 62 heavy (non-hydrogen) atoms. The van der Waals surface area contributed by atoms with Crippen LogP contribution in [0.4, 0.5) is 0 Å². The molecule has 0 bridgehead atoms. The molecule has 1 aromatic heterocycles. The average molecular weight is 795 g/mol. The molecule has 296 valence electrons. The molecule has 0 radical (unpaired) electrons. The number of hydrogen-bond donors (Lipinski definition) is 0. The van der Waals surface area contributed by atoms with Gasteiger partial charge in [-0.1, -0.05) is 237 Å². The van der Waals surface area contributed by atoms with Crippen LogP contribution in [-0.2, 0) is 10.8 Å². The third kappa shape index (κ3) is 7.00. The zero-order valence-electron chi connectivity index (χ0n) is 34.6. The van der Waals surface area contributed by atoms with Crippen molar-refractivity contribution in [3.05, 3.63) is 305 Å². The van der Waals surface area contributed by atoms with Crippen LogP contribution in [0.5, 0.6) is 0 Å². The van der Waals surface area contributed by atoms with E-state index in [2.05, 4.69) is 255 Å². The van der Waals surface area contributed by atoms with Gasteiger partial charge in [0.15, 0.2) is 5.82 Å². The minimum absolute atomic E-state index is 0.584. The summed E-state index contributed by atoms with van der Waals surface area (Å²) in [6.45, 7) is 0.